The van der Waals surface area contributed by atoms with E-state index < -0.39 is 0 Å². The van der Waals surface area contributed by atoms with Crippen LogP contribution in [0.4, 0.5) is 6.01 Å². The summed E-state index contributed by atoms with van der Waals surface area (Å²) in [5, 5.41) is 17.0. The van der Waals surface area contributed by atoms with Gasteiger partial charge in [0.05, 0.1) is 18.7 Å². The third-order valence-electron chi connectivity index (χ3n) is 2.65. The Labute approximate surface area is 88.1 Å². The molecule has 2 atom stereocenters. The molecule has 0 radical (unpaired) electrons. The molecule has 0 amide bonds. The smallest absolute Gasteiger partial charge is 0.318 e. The highest BCUT2D eigenvalue weighted by atomic mass is 16.4. The number of anilines is 1. The molecule has 1 fully saturated rings. The molecule has 0 bridgehead atoms. The fourth-order valence-electron chi connectivity index (χ4n) is 1.80. The van der Waals surface area contributed by atoms with Gasteiger partial charge in [0.15, 0.2) is 0 Å². The van der Waals surface area contributed by atoms with Crippen molar-refractivity contribution in [3.05, 3.63) is 5.89 Å². The number of rotatable bonds is 3. The molecule has 3 N–H and O–H groups in total. The summed E-state index contributed by atoms with van der Waals surface area (Å²) in [5.74, 6) is 0.439. The SMILES string of the molecule is CC(N)c1nnc(N2CCCC2CO)o1. The Hall–Kier alpha value is -1.14. The predicted molar refractivity (Wildman–Crippen MR) is 54.4 cm³/mol. The van der Waals surface area contributed by atoms with Crippen molar-refractivity contribution in [3.8, 4) is 0 Å². The van der Waals surface area contributed by atoms with E-state index in [0.29, 0.717) is 11.9 Å². The van der Waals surface area contributed by atoms with Crippen molar-refractivity contribution in [1.82, 2.24) is 10.2 Å². The molecule has 6 nitrogen and oxygen atoms in total. The van der Waals surface area contributed by atoms with Gasteiger partial charge in [-0.05, 0) is 19.8 Å². The van der Waals surface area contributed by atoms with Crippen LogP contribution in [0.2, 0.25) is 0 Å². The monoisotopic (exact) mass is 212 g/mol. The van der Waals surface area contributed by atoms with Gasteiger partial charge in [0, 0.05) is 6.54 Å². The standard InChI is InChI=1S/C9H16N4O2/c1-6(10)8-11-12-9(15-8)13-4-2-3-7(13)5-14/h6-7,14H,2-5,10H2,1H3. The van der Waals surface area contributed by atoms with Gasteiger partial charge in [0.1, 0.15) is 0 Å². The molecule has 15 heavy (non-hydrogen) atoms. The van der Waals surface area contributed by atoms with Gasteiger partial charge in [0.25, 0.3) is 0 Å². The Morgan fingerprint density at radius 1 is 1.67 bits per heavy atom. The van der Waals surface area contributed by atoms with Crippen LogP contribution in [0.3, 0.4) is 0 Å². The molecule has 84 valence electrons. The molecule has 1 aliphatic rings. The second-order valence-corrected chi connectivity index (χ2v) is 3.88. The zero-order valence-electron chi connectivity index (χ0n) is 8.76. The van der Waals surface area contributed by atoms with E-state index in [4.69, 9.17) is 15.3 Å². The van der Waals surface area contributed by atoms with Crippen molar-refractivity contribution in [2.75, 3.05) is 18.1 Å². The van der Waals surface area contributed by atoms with Crippen LogP contribution in [0, 0.1) is 0 Å². The maximum atomic E-state index is 9.16. The van der Waals surface area contributed by atoms with Crippen molar-refractivity contribution in [1.29, 1.82) is 0 Å². The fraction of sp³-hybridized carbons (Fsp3) is 0.778. The number of aliphatic hydroxyl groups excluding tert-OH is 1. The molecular weight excluding hydrogens is 196 g/mol. The Morgan fingerprint density at radius 3 is 3.07 bits per heavy atom. The lowest BCUT2D eigenvalue weighted by molar-refractivity contribution is 0.262. The van der Waals surface area contributed by atoms with E-state index >= 15 is 0 Å². The van der Waals surface area contributed by atoms with Crippen molar-refractivity contribution < 1.29 is 9.52 Å². The Balaban J connectivity index is 2.14. The first-order valence-electron chi connectivity index (χ1n) is 5.19. The molecule has 2 unspecified atom stereocenters. The summed E-state index contributed by atoms with van der Waals surface area (Å²) >= 11 is 0. The van der Waals surface area contributed by atoms with Gasteiger partial charge in [-0.15, -0.1) is 5.10 Å². The third-order valence-corrected chi connectivity index (χ3v) is 2.65. The summed E-state index contributed by atoms with van der Waals surface area (Å²) < 4.78 is 5.43. The molecule has 1 aromatic rings. The highest BCUT2D eigenvalue weighted by molar-refractivity contribution is 5.28. The zero-order chi connectivity index (χ0) is 10.8. The Bertz CT molecular complexity index is 326. The minimum absolute atomic E-state index is 0.103. The molecule has 0 spiro atoms. The molecule has 0 aliphatic carbocycles. The summed E-state index contributed by atoms with van der Waals surface area (Å²) in [6.45, 7) is 2.77. The molecule has 1 aromatic heterocycles. The molecule has 1 aliphatic heterocycles. The summed E-state index contributed by atoms with van der Waals surface area (Å²) in [6.07, 6.45) is 2.01. The summed E-state index contributed by atoms with van der Waals surface area (Å²) in [5.41, 5.74) is 5.63. The van der Waals surface area contributed by atoms with Gasteiger partial charge in [-0.2, -0.15) is 0 Å². The van der Waals surface area contributed by atoms with Gasteiger partial charge in [-0.25, -0.2) is 0 Å². The lowest BCUT2D eigenvalue weighted by atomic mass is 10.2. The zero-order valence-corrected chi connectivity index (χ0v) is 8.76. The highest BCUT2D eigenvalue weighted by Gasteiger charge is 2.28. The van der Waals surface area contributed by atoms with Crippen LogP contribution in [-0.2, 0) is 0 Å². The van der Waals surface area contributed by atoms with Crippen molar-refractivity contribution >= 4 is 6.01 Å². The Morgan fingerprint density at radius 2 is 2.47 bits per heavy atom. The van der Waals surface area contributed by atoms with Crippen LogP contribution in [-0.4, -0.2) is 34.5 Å². The van der Waals surface area contributed by atoms with Gasteiger partial charge in [-0.1, -0.05) is 5.10 Å². The molecule has 2 rings (SSSR count). The van der Waals surface area contributed by atoms with Gasteiger partial charge in [-0.3, -0.25) is 0 Å². The van der Waals surface area contributed by atoms with Crippen LogP contribution >= 0.6 is 0 Å². The topological polar surface area (TPSA) is 88.4 Å². The Kier molecular flexibility index (Phi) is 2.88. The second kappa shape index (κ2) is 4.16. The van der Waals surface area contributed by atoms with E-state index in [-0.39, 0.29) is 18.7 Å². The van der Waals surface area contributed by atoms with Crippen molar-refractivity contribution in [2.24, 2.45) is 5.73 Å². The molecular formula is C9H16N4O2. The predicted octanol–water partition coefficient (Wildman–Crippen LogP) is 0.0504. The first-order valence-corrected chi connectivity index (χ1v) is 5.19. The van der Waals surface area contributed by atoms with E-state index in [1.807, 2.05) is 4.90 Å². The lowest BCUT2D eigenvalue weighted by Crippen LogP contribution is -2.32. The summed E-state index contributed by atoms with van der Waals surface area (Å²) in [7, 11) is 0. The number of hydrogen-bond acceptors (Lipinski definition) is 6. The number of hydrogen-bond donors (Lipinski definition) is 2. The van der Waals surface area contributed by atoms with Crippen molar-refractivity contribution in [2.45, 2.75) is 31.8 Å². The van der Waals surface area contributed by atoms with E-state index in [1.165, 1.54) is 0 Å². The normalized spacial score (nSPS) is 23.4. The van der Waals surface area contributed by atoms with Crippen LogP contribution in [0.5, 0.6) is 0 Å². The van der Waals surface area contributed by atoms with E-state index in [0.717, 1.165) is 19.4 Å². The van der Waals surface area contributed by atoms with Gasteiger partial charge >= 0.3 is 6.01 Å². The van der Waals surface area contributed by atoms with Gasteiger partial charge in [0.2, 0.25) is 5.89 Å². The van der Waals surface area contributed by atoms with E-state index in [2.05, 4.69) is 10.2 Å². The number of nitrogens with zero attached hydrogens (tertiary/aromatic N) is 3. The van der Waals surface area contributed by atoms with Crippen LogP contribution in [0.25, 0.3) is 0 Å². The fourth-order valence-corrected chi connectivity index (χ4v) is 1.80. The van der Waals surface area contributed by atoms with E-state index in [9.17, 15) is 0 Å². The summed E-state index contributed by atoms with van der Waals surface area (Å²) in [6, 6.07) is 0.326. The minimum Gasteiger partial charge on any atom is -0.406 e. The average Bonchev–Trinajstić information content (AvgIpc) is 2.85. The van der Waals surface area contributed by atoms with Crippen LogP contribution in [0.15, 0.2) is 4.42 Å². The number of aliphatic hydroxyl groups is 1. The molecule has 0 saturated carbocycles. The maximum absolute atomic E-state index is 9.16. The third kappa shape index (κ3) is 1.95. The summed E-state index contributed by atoms with van der Waals surface area (Å²) in [4.78, 5) is 1.94. The van der Waals surface area contributed by atoms with Crippen LogP contribution < -0.4 is 10.6 Å². The van der Waals surface area contributed by atoms with Crippen molar-refractivity contribution in [3.63, 3.8) is 0 Å². The van der Waals surface area contributed by atoms with E-state index in [1.54, 1.807) is 6.92 Å². The number of nitrogens with two attached hydrogens (primary N) is 1. The second-order valence-electron chi connectivity index (χ2n) is 3.88. The average molecular weight is 212 g/mol. The first kappa shape index (κ1) is 10.4. The first-order chi connectivity index (χ1) is 7.22. The van der Waals surface area contributed by atoms with Crippen LogP contribution in [0.1, 0.15) is 31.7 Å². The molecule has 1 saturated heterocycles. The lowest BCUT2D eigenvalue weighted by Gasteiger charge is -2.19. The molecule has 6 heteroatoms. The quantitative estimate of drug-likeness (QED) is 0.736. The molecule has 0 aromatic carbocycles. The highest BCUT2D eigenvalue weighted by Crippen LogP contribution is 2.24. The largest absolute Gasteiger partial charge is 0.406 e. The van der Waals surface area contributed by atoms with Gasteiger partial charge < -0.3 is 20.2 Å². The minimum atomic E-state index is -0.249. The maximum Gasteiger partial charge on any atom is 0.318 e. The molecule has 2 heterocycles. The number of aromatic nitrogens is 2.